The van der Waals surface area contributed by atoms with Crippen molar-refractivity contribution in [3.63, 3.8) is 0 Å². The third kappa shape index (κ3) is 3.42. The first kappa shape index (κ1) is 9.10. The molecule has 1 rings (SSSR count). The maximum atomic E-state index is 8.99. The second-order valence-electron chi connectivity index (χ2n) is 2.35. The minimum absolute atomic E-state index is 0.119. The zero-order chi connectivity index (χ0) is 7.40. The van der Waals surface area contributed by atoms with Crippen LogP contribution in [-0.2, 0) is 0 Å². The summed E-state index contributed by atoms with van der Waals surface area (Å²) in [4.78, 5) is 0. The van der Waals surface area contributed by atoms with Gasteiger partial charge in [-0.25, -0.2) is 0 Å². The molecule has 0 aromatic heterocycles. The molecule has 2 unspecified atom stereocenters. The van der Waals surface area contributed by atoms with Crippen LogP contribution in [0.2, 0.25) is 0 Å². The molecule has 1 nitrogen and oxygen atoms in total. The van der Waals surface area contributed by atoms with E-state index in [1.807, 2.05) is 40.3 Å². The Bertz CT molecular complexity index is 91.0. The maximum Gasteiger partial charge on any atom is 0.0615 e. The summed E-state index contributed by atoms with van der Waals surface area (Å²) in [5.74, 6) is 0. The van der Waals surface area contributed by atoms with Crippen LogP contribution in [0.1, 0.15) is 19.8 Å². The van der Waals surface area contributed by atoms with Gasteiger partial charge in [-0.3, -0.25) is 0 Å². The molecule has 1 saturated heterocycles. The lowest BCUT2D eigenvalue weighted by atomic mass is 10.2. The lowest BCUT2D eigenvalue weighted by molar-refractivity contribution is 0.183. The molecule has 0 aromatic carbocycles. The Kier molecular flexibility index (Phi) is 4.37. The van der Waals surface area contributed by atoms with Gasteiger partial charge in [0, 0.05) is 0 Å². The van der Waals surface area contributed by atoms with Crippen LogP contribution in [-0.4, -0.2) is 20.9 Å². The van der Waals surface area contributed by atoms with Crippen LogP contribution in [0.5, 0.6) is 0 Å². The van der Waals surface area contributed by atoms with E-state index in [2.05, 4.69) is 0 Å². The Morgan fingerprint density at radius 3 is 3.00 bits per heavy atom. The molecule has 0 saturated carbocycles. The quantitative estimate of drug-likeness (QED) is 0.700. The SMILES string of the molecule is CC(O)CCC1SCSS1. The first-order valence-corrected chi connectivity index (χ1v) is 6.80. The fourth-order valence-corrected chi connectivity index (χ4v) is 5.95. The van der Waals surface area contributed by atoms with Crippen molar-refractivity contribution >= 4 is 33.3 Å². The zero-order valence-electron chi connectivity index (χ0n) is 5.95. The molecule has 10 heavy (non-hydrogen) atoms. The number of aliphatic hydroxyl groups is 1. The topological polar surface area (TPSA) is 20.2 Å². The highest BCUT2D eigenvalue weighted by Crippen LogP contribution is 2.46. The van der Waals surface area contributed by atoms with Crippen molar-refractivity contribution in [1.82, 2.24) is 0 Å². The van der Waals surface area contributed by atoms with Gasteiger partial charge in [-0.1, -0.05) is 21.6 Å². The van der Waals surface area contributed by atoms with Gasteiger partial charge >= 0.3 is 0 Å². The van der Waals surface area contributed by atoms with Crippen LogP contribution in [0.3, 0.4) is 0 Å². The van der Waals surface area contributed by atoms with Gasteiger partial charge in [-0.2, -0.15) is 0 Å². The number of rotatable bonds is 3. The second-order valence-corrected chi connectivity index (χ2v) is 6.78. The van der Waals surface area contributed by atoms with Gasteiger partial charge < -0.3 is 5.11 Å². The van der Waals surface area contributed by atoms with E-state index < -0.39 is 0 Å². The lowest BCUT2D eigenvalue weighted by Crippen LogP contribution is -2.02. The summed E-state index contributed by atoms with van der Waals surface area (Å²) in [7, 11) is 3.88. The van der Waals surface area contributed by atoms with Crippen LogP contribution < -0.4 is 0 Å². The van der Waals surface area contributed by atoms with E-state index in [0.29, 0.717) is 0 Å². The van der Waals surface area contributed by atoms with E-state index in [9.17, 15) is 0 Å². The van der Waals surface area contributed by atoms with E-state index in [1.165, 1.54) is 5.08 Å². The molecular formula is C6H12OS3. The minimum atomic E-state index is -0.119. The zero-order valence-corrected chi connectivity index (χ0v) is 8.40. The van der Waals surface area contributed by atoms with E-state index in [-0.39, 0.29) is 6.10 Å². The molecule has 1 fully saturated rings. The summed E-state index contributed by atoms with van der Waals surface area (Å²) in [5.41, 5.74) is 0. The summed E-state index contributed by atoms with van der Waals surface area (Å²) in [5, 5.41) is 10.2. The number of hydrogen-bond donors (Lipinski definition) is 1. The molecule has 0 amide bonds. The molecule has 60 valence electrons. The van der Waals surface area contributed by atoms with Crippen molar-refractivity contribution in [2.24, 2.45) is 0 Å². The number of aliphatic hydroxyl groups excluding tert-OH is 1. The molecule has 1 N–H and O–H groups in total. The molecule has 0 radical (unpaired) electrons. The molecule has 2 atom stereocenters. The van der Waals surface area contributed by atoms with Gasteiger partial charge in [-0.15, -0.1) is 11.8 Å². The number of hydrogen-bond acceptors (Lipinski definition) is 4. The minimum Gasteiger partial charge on any atom is -0.393 e. The molecule has 0 aromatic rings. The molecule has 1 aliphatic heterocycles. The van der Waals surface area contributed by atoms with Crippen LogP contribution in [0, 0.1) is 0 Å². The Morgan fingerprint density at radius 1 is 1.70 bits per heavy atom. The molecule has 0 bridgehead atoms. The predicted octanol–water partition coefficient (Wildman–Crippen LogP) is 2.56. The molecule has 0 aliphatic carbocycles. The van der Waals surface area contributed by atoms with Gasteiger partial charge in [0.05, 0.1) is 15.8 Å². The normalized spacial score (nSPS) is 28.8. The predicted molar refractivity (Wildman–Crippen MR) is 52.3 cm³/mol. The maximum absolute atomic E-state index is 8.99. The van der Waals surface area contributed by atoms with Gasteiger partial charge in [0.15, 0.2) is 0 Å². The standard InChI is InChI=1S/C6H12OS3/c1-5(7)2-3-6-8-4-9-10-6/h5-7H,2-4H2,1H3. The first-order chi connectivity index (χ1) is 4.79. The van der Waals surface area contributed by atoms with E-state index in [4.69, 9.17) is 5.11 Å². The average molecular weight is 196 g/mol. The molecule has 0 spiro atoms. The van der Waals surface area contributed by atoms with Crippen molar-refractivity contribution in [2.45, 2.75) is 30.5 Å². The van der Waals surface area contributed by atoms with Gasteiger partial charge in [0.25, 0.3) is 0 Å². The van der Waals surface area contributed by atoms with Gasteiger partial charge in [0.2, 0.25) is 0 Å². The summed E-state index contributed by atoms with van der Waals surface area (Å²) in [6.07, 6.45) is 1.98. The van der Waals surface area contributed by atoms with Crippen LogP contribution in [0.4, 0.5) is 0 Å². The van der Waals surface area contributed by atoms with Crippen molar-refractivity contribution in [3.8, 4) is 0 Å². The Hall–Kier alpha value is 1.01. The summed E-state index contributed by atoms with van der Waals surface area (Å²) in [6, 6.07) is 0. The Labute approximate surface area is 74.1 Å². The lowest BCUT2D eigenvalue weighted by Gasteiger charge is -2.07. The molecular weight excluding hydrogens is 184 g/mol. The van der Waals surface area contributed by atoms with Crippen molar-refractivity contribution in [2.75, 3.05) is 5.08 Å². The van der Waals surface area contributed by atoms with Crippen LogP contribution in [0.25, 0.3) is 0 Å². The summed E-state index contributed by atoms with van der Waals surface area (Å²) in [6.45, 7) is 1.86. The van der Waals surface area contributed by atoms with Gasteiger partial charge in [0.1, 0.15) is 0 Å². The third-order valence-electron chi connectivity index (χ3n) is 1.30. The highest BCUT2D eigenvalue weighted by Gasteiger charge is 2.16. The highest BCUT2D eigenvalue weighted by atomic mass is 33.1. The molecule has 1 aliphatic rings. The van der Waals surface area contributed by atoms with Crippen LogP contribution in [0.15, 0.2) is 0 Å². The van der Waals surface area contributed by atoms with Crippen molar-refractivity contribution in [3.05, 3.63) is 0 Å². The fourth-order valence-electron chi connectivity index (χ4n) is 0.744. The largest absolute Gasteiger partial charge is 0.393 e. The third-order valence-corrected chi connectivity index (χ3v) is 6.45. The Balaban J connectivity index is 2.01. The van der Waals surface area contributed by atoms with E-state index >= 15 is 0 Å². The van der Waals surface area contributed by atoms with E-state index in [1.54, 1.807) is 0 Å². The smallest absolute Gasteiger partial charge is 0.0615 e. The highest BCUT2D eigenvalue weighted by molar-refractivity contribution is 8.82. The first-order valence-electron chi connectivity index (χ1n) is 3.37. The molecule has 1 heterocycles. The second kappa shape index (κ2) is 4.80. The van der Waals surface area contributed by atoms with Crippen molar-refractivity contribution in [1.29, 1.82) is 0 Å². The van der Waals surface area contributed by atoms with Crippen LogP contribution >= 0.6 is 33.3 Å². The molecule has 4 heteroatoms. The Morgan fingerprint density at radius 2 is 2.50 bits per heavy atom. The van der Waals surface area contributed by atoms with Crippen molar-refractivity contribution < 1.29 is 5.11 Å². The van der Waals surface area contributed by atoms with E-state index in [0.717, 1.165) is 17.4 Å². The monoisotopic (exact) mass is 196 g/mol. The summed E-state index contributed by atoms with van der Waals surface area (Å²) >= 11 is 2.00. The van der Waals surface area contributed by atoms with Gasteiger partial charge in [-0.05, 0) is 19.8 Å². The fraction of sp³-hybridized carbons (Fsp3) is 1.00. The average Bonchev–Trinajstić information content (AvgIpc) is 2.34. The summed E-state index contributed by atoms with van der Waals surface area (Å²) < 4.78 is 0.736. The number of thioether (sulfide) groups is 1.